The van der Waals surface area contributed by atoms with Crippen LogP contribution in [0, 0.1) is 5.41 Å². The van der Waals surface area contributed by atoms with Crippen LogP contribution in [0.15, 0.2) is 0 Å². The molecule has 0 aromatic carbocycles. The second-order valence-corrected chi connectivity index (χ2v) is 4.99. The Hall–Kier alpha value is -0.0800. The first-order valence-corrected chi connectivity index (χ1v) is 5.86. The highest BCUT2D eigenvalue weighted by Crippen LogP contribution is 2.21. The van der Waals surface area contributed by atoms with Crippen molar-refractivity contribution in [1.82, 2.24) is 10.2 Å². The molecule has 0 heterocycles. The van der Waals surface area contributed by atoms with Crippen molar-refractivity contribution < 1.29 is 0 Å². The lowest BCUT2D eigenvalue weighted by Crippen LogP contribution is -2.46. The van der Waals surface area contributed by atoms with Crippen molar-refractivity contribution in [2.75, 3.05) is 26.7 Å². The van der Waals surface area contributed by atoms with Crippen molar-refractivity contribution in [2.45, 2.75) is 47.1 Å². The summed E-state index contributed by atoms with van der Waals surface area (Å²) in [6, 6.07) is 0.580. The van der Waals surface area contributed by atoms with Crippen LogP contribution in [-0.2, 0) is 0 Å². The van der Waals surface area contributed by atoms with Crippen molar-refractivity contribution in [3.63, 3.8) is 0 Å². The van der Waals surface area contributed by atoms with Gasteiger partial charge in [0.2, 0.25) is 0 Å². The van der Waals surface area contributed by atoms with E-state index in [-0.39, 0.29) is 0 Å². The zero-order chi connectivity index (χ0) is 11.2. The van der Waals surface area contributed by atoms with E-state index in [0.29, 0.717) is 11.5 Å². The first-order chi connectivity index (χ1) is 6.44. The Labute approximate surface area is 90.1 Å². The normalized spacial score (nSPS) is 14.8. The molecule has 0 aromatic heterocycles. The van der Waals surface area contributed by atoms with Crippen molar-refractivity contribution >= 4 is 0 Å². The van der Waals surface area contributed by atoms with Crippen molar-refractivity contribution in [2.24, 2.45) is 5.41 Å². The summed E-state index contributed by atoms with van der Waals surface area (Å²) >= 11 is 0. The van der Waals surface area contributed by atoms with E-state index < -0.39 is 0 Å². The van der Waals surface area contributed by atoms with Gasteiger partial charge in [-0.05, 0) is 38.9 Å². The molecular formula is C12H28N2. The SMILES string of the molecule is CCCNC(C)C(C)(C)CN(C)CC. The molecule has 2 nitrogen and oxygen atoms in total. The summed E-state index contributed by atoms with van der Waals surface area (Å²) in [4.78, 5) is 2.38. The molecule has 86 valence electrons. The standard InChI is InChI=1S/C12H28N2/c1-7-9-13-11(3)12(4,5)10-14(6)8-2/h11,13H,7-10H2,1-6H3. The Morgan fingerprint density at radius 2 is 1.86 bits per heavy atom. The minimum absolute atomic E-state index is 0.347. The first kappa shape index (κ1) is 13.9. The van der Waals surface area contributed by atoms with Crippen LogP contribution in [0.1, 0.15) is 41.0 Å². The summed E-state index contributed by atoms with van der Waals surface area (Å²) in [5.41, 5.74) is 0.347. The number of nitrogens with zero attached hydrogens (tertiary/aromatic N) is 1. The summed E-state index contributed by atoms with van der Waals surface area (Å²) in [6.45, 7) is 14.8. The predicted molar refractivity (Wildman–Crippen MR) is 64.7 cm³/mol. The smallest absolute Gasteiger partial charge is 0.0102 e. The average molecular weight is 200 g/mol. The van der Waals surface area contributed by atoms with E-state index in [1.165, 1.54) is 6.42 Å². The molecule has 0 amide bonds. The molecule has 0 radical (unpaired) electrons. The van der Waals surface area contributed by atoms with Crippen LogP contribution in [0.25, 0.3) is 0 Å². The summed E-state index contributed by atoms with van der Waals surface area (Å²) in [5.74, 6) is 0. The largest absolute Gasteiger partial charge is 0.314 e. The summed E-state index contributed by atoms with van der Waals surface area (Å²) in [6.07, 6.45) is 1.21. The molecule has 0 saturated carbocycles. The van der Waals surface area contributed by atoms with Gasteiger partial charge in [0, 0.05) is 12.6 Å². The van der Waals surface area contributed by atoms with Crippen LogP contribution in [-0.4, -0.2) is 37.6 Å². The molecule has 1 N–H and O–H groups in total. The number of hydrogen-bond donors (Lipinski definition) is 1. The van der Waals surface area contributed by atoms with Crippen LogP contribution in [0.4, 0.5) is 0 Å². The molecule has 14 heavy (non-hydrogen) atoms. The van der Waals surface area contributed by atoms with Crippen LogP contribution in [0.5, 0.6) is 0 Å². The van der Waals surface area contributed by atoms with Gasteiger partial charge < -0.3 is 10.2 Å². The van der Waals surface area contributed by atoms with Crippen molar-refractivity contribution in [3.8, 4) is 0 Å². The van der Waals surface area contributed by atoms with Crippen LogP contribution in [0.2, 0.25) is 0 Å². The molecule has 0 saturated heterocycles. The molecule has 0 spiro atoms. The first-order valence-electron chi connectivity index (χ1n) is 5.86. The topological polar surface area (TPSA) is 15.3 Å². The zero-order valence-electron chi connectivity index (χ0n) is 10.9. The maximum Gasteiger partial charge on any atom is 0.0102 e. The summed E-state index contributed by atoms with van der Waals surface area (Å²) in [7, 11) is 2.19. The molecule has 1 unspecified atom stereocenters. The predicted octanol–water partition coefficient (Wildman–Crippen LogP) is 2.35. The van der Waals surface area contributed by atoms with Crippen LogP contribution >= 0.6 is 0 Å². The molecule has 0 aliphatic rings. The fraction of sp³-hybridized carbons (Fsp3) is 1.00. The van der Waals surface area contributed by atoms with E-state index >= 15 is 0 Å². The maximum absolute atomic E-state index is 3.58. The number of hydrogen-bond acceptors (Lipinski definition) is 2. The molecule has 2 heteroatoms. The molecule has 1 atom stereocenters. The average Bonchev–Trinajstić information content (AvgIpc) is 2.13. The highest BCUT2D eigenvalue weighted by atomic mass is 15.1. The molecule has 0 aromatic rings. The maximum atomic E-state index is 3.58. The van der Waals surface area contributed by atoms with E-state index in [1.807, 2.05) is 0 Å². The van der Waals surface area contributed by atoms with Gasteiger partial charge in [-0.3, -0.25) is 0 Å². The third-order valence-corrected chi connectivity index (χ3v) is 3.09. The number of rotatable bonds is 7. The van der Waals surface area contributed by atoms with Crippen molar-refractivity contribution in [1.29, 1.82) is 0 Å². The fourth-order valence-electron chi connectivity index (χ4n) is 1.58. The second-order valence-electron chi connectivity index (χ2n) is 4.99. The van der Waals surface area contributed by atoms with E-state index in [2.05, 4.69) is 51.9 Å². The van der Waals surface area contributed by atoms with Gasteiger partial charge >= 0.3 is 0 Å². The molecule has 0 aliphatic carbocycles. The van der Waals surface area contributed by atoms with Gasteiger partial charge in [0.05, 0.1) is 0 Å². The zero-order valence-corrected chi connectivity index (χ0v) is 10.9. The fourth-order valence-corrected chi connectivity index (χ4v) is 1.58. The highest BCUT2D eigenvalue weighted by molar-refractivity contribution is 4.82. The lowest BCUT2D eigenvalue weighted by Gasteiger charge is -2.36. The Morgan fingerprint density at radius 3 is 2.29 bits per heavy atom. The van der Waals surface area contributed by atoms with Gasteiger partial charge in [0.15, 0.2) is 0 Å². The van der Waals surface area contributed by atoms with E-state index in [1.54, 1.807) is 0 Å². The lowest BCUT2D eigenvalue weighted by atomic mass is 9.85. The molecule has 0 aliphatic heterocycles. The minimum atomic E-state index is 0.347. The Morgan fingerprint density at radius 1 is 1.29 bits per heavy atom. The van der Waals surface area contributed by atoms with Gasteiger partial charge in [0.1, 0.15) is 0 Å². The van der Waals surface area contributed by atoms with Gasteiger partial charge in [-0.2, -0.15) is 0 Å². The Balaban J connectivity index is 4.01. The van der Waals surface area contributed by atoms with Gasteiger partial charge in [-0.1, -0.05) is 27.7 Å². The Kier molecular flexibility index (Phi) is 6.38. The quantitative estimate of drug-likeness (QED) is 0.678. The second kappa shape index (κ2) is 6.41. The highest BCUT2D eigenvalue weighted by Gasteiger charge is 2.26. The monoisotopic (exact) mass is 200 g/mol. The van der Waals surface area contributed by atoms with Crippen molar-refractivity contribution in [3.05, 3.63) is 0 Å². The van der Waals surface area contributed by atoms with Gasteiger partial charge in [-0.25, -0.2) is 0 Å². The van der Waals surface area contributed by atoms with E-state index in [9.17, 15) is 0 Å². The minimum Gasteiger partial charge on any atom is -0.314 e. The molecular weight excluding hydrogens is 172 g/mol. The Bertz CT molecular complexity index is 143. The van der Waals surface area contributed by atoms with Crippen LogP contribution < -0.4 is 5.32 Å². The molecule has 0 bridgehead atoms. The van der Waals surface area contributed by atoms with E-state index in [4.69, 9.17) is 0 Å². The molecule has 0 fully saturated rings. The van der Waals surface area contributed by atoms with Gasteiger partial charge in [-0.15, -0.1) is 0 Å². The van der Waals surface area contributed by atoms with Gasteiger partial charge in [0.25, 0.3) is 0 Å². The summed E-state index contributed by atoms with van der Waals surface area (Å²) in [5, 5.41) is 3.58. The third-order valence-electron chi connectivity index (χ3n) is 3.09. The lowest BCUT2D eigenvalue weighted by molar-refractivity contribution is 0.169. The molecule has 0 rings (SSSR count). The van der Waals surface area contributed by atoms with E-state index in [0.717, 1.165) is 19.6 Å². The van der Waals surface area contributed by atoms with Crippen LogP contribution in [0.3, 0.4) is 0 Å². The third kappa shape index (κ3) is 4.97. The summed E-state index contributed by atoms with van der Waals surface area (Å²) < 4.78 is 0. The number of nitrogens with one attached hydrogen (secondary N) is 1.